The van der Waals surface area contributed by atoms with E-state index in [0.29, 0.717) is 0 Å². The molecule has 0 fully saturated rings. The number of hydrogen-bond acceptors (Lipinski definition) is 3. The number of fused-ring (bicyclic) bond motifs is 1. The fourth-order valence-corrected chi connectivity index (χ4v) is 1.40. The number of nitrogens with zero attached hydrogens (tertiary/aromatic N) is 1. The predicted molar refractivity (Wildman–Crippen MR) is 36.4 cm³/mol. The molecule has 0 amide bonds. The Morgan fingerprint density at radius 1 is 1.70 bits per heavy atom. The summed E-state index contributed by atoms with van der Waals surface area (Å²) in [4.78, 5) is 0. The maximum atomic E-state index is 5.79. The quantitative estimate of drug-likeness (QED) is 0.582. The zero-order chi connectivity index (χ0) is 6.97. The Kier molecular flexibility index (Phi) is 1.24. The van der Waals surface area contributed by atoms with Crippen molar-refractivity contribution < 1.29 is 4.52 Å². The smallest absolute Gasteiger partial charge is 0.141 e. The molecule has 0 radical (unpaired) electrons. The van der Waals surface area contributed by atoms with Crippen LogP contribution in [0, 0.1) is 0 Å². The molecule has 0 aromatic carbocycles. The second-order valence-electron chi connectivity index (χ2n) is 2.70. The Bertz CT molecular complexity index is 231. The Hall–Kier alpha value is -0.830. The van der Waals surface area contributed by atoms with E-state index in [2.05, 4.69) is 5.16 Å². The van der Waals surface area contributed by atoms with Gasteiger partial charge in [-0.15, -0.1) is 0 Å². The molecule has 1 atom stereocenters. The Morgan fingerprint density at radius 2 is 2.60 bits per heavy atom. The summed E-state index contributed by atoms with van der Waals surface area (Å²) >= 11 is 0. The highest BCUT2D eigenvalue weighted by Gasteiger charge is 2.19. The lowest BCUT2D eigenvalue weighted by atomic mass is 9.95. The molecule has 0 bridgehead atoms. The van der Waals surface area contributed by atoms with Crippen molar-refractivity contribution >= 4 is 0 Å². The van der Waals surface area contributed by atoms with Crippen molar-refractivity contribution in [2.75, 3.05) is 0 Å². The highest BCUT2D eigenvalue weighted by atomic mass is 16.5. The molecule has 2 N–H and O–H groups in total. The third-order valence-corrected chi connectivity index (χ3v) is 2.00. The first-order valence-electron chi connectivity index (χ1n) is 3.57. The van der Waals surface area contributed by atoms with Crippen LogP contribution in [0.1, 0.15) is 30.2 Å². The van der Waals surface area contributed by atoms with Crippen LogP contribution >= 0.6 is 0 Å². The van der Waals surface area contributed by atoms with Crippen LogP contribution < -0.4 is 5.73 Å². The molecule has 0 saturated heterocycles. The predicted octanol–water partition coefficient (Wildman–Crippen LogP) is 1.01. The third kappa shape index (κ3) is 0.743. The van der Waals surface area contributed by atoms with E-state index in [9.17, 15) is 0 Å². The SMILES string of the molecule is N[C@@H]1CCCc2oncc21. The Labute approximate surface area is 59.2 Å². The lowest BCUT2D eigenvalue weighted by Gasteiger charge is -2.14. The molecule has 3 nitrogen and oxygen atoms in total. The highest BCUT2D eigenvalue weighted by Crippen LogP contribution is 2.26. The van der Waals surface area contributed by atoms with Crippen LogP contribution in [0.15, 0.2) is 10.7 Å². The van der Waals surface area contributed by atoms with Crippen LogP contribution in [0.5, 0.6) is 0 Å². The van der Waals surface area contributed by atoms with Crippen molar-refractivity contribution in [3.8, 4) is 0 Å². The van der Waals surface area contributed by atoms with Gasteiger partial charge in [-0.25, -0.2) is 0 Å². The molecule has 1 aliphatic rings. The summed E-state index contributed by atoms with van der Waals surface area (Å²) in [6.45, 7) is 0. The van der Waals surface area contributed by atoms with Gasteiger partial charge in [-0.1, -0.05) is 5.16 Å². The van der Waals surface area contributed by atoms with Crippen LogP contribution in [-0.2, 0) is 6.42 Å². The molecular formula is C7H10N2O. The zero-order valence-electron chi connectivity index (χ0n) is 5.71. The van der Waals surface area contributed by atoms with Gasteiger partial charge in [-0.3, -0.25) is 0 Å². The molecule has 2 rings (SSSR count). The first-order chi connectivity index (χ1) is 4.88. The summed E-state index contributed by atoms with van der Waals surface area (Å²) in [5.74, 6) is 0.985. The van der Waals surface area contributed by atoms with Crippen LogP contribution in [0.4, 0.5) is 0 Å². The molecule has 0 aliphatic heterocycles. The minimum Gasteiger partial charge on any atom is -0.361 e. The van der Waals surface area contributed by atoms with Gasteiger partial charge in [0.25, 0.3) is 0 Å². The van der Waals surface area contributed by atoms with Gasteiger partial charge in [0.1, 0.15) is 5.76 Å². The molecule has 1 aromatic rings. The number of aromatic nitrogens is 1. The summed E-state index contributed by atoms with van der Waals surface area (Å²) in [5.41, 5.74) is 6.89. The molecule has 0 saturated carbocycles. The minimum atomic E-state index is 0.162. The maximum Gasteiger partial charge on any atom is 0.141 e. The molecule has 10 heavy (non-hydrogen) atoms. The summed E-state index contributed by atoms with van der Waals surface area (Å²) in [7, 11) is 0. The van der Waals surface area contributed by atoms with Crippen LogP contribution in [0.2, 0.25) is 0 Å². The molecule has 1 heterocycles. The topological polar surface area (TPSA) is 52.0 Å². The van der Waals surface area contributed by atoms with E-state index in [1.54, 1.807) is 6.20 Å². The van der Waals surface area contributed by atoms with Gasteiger partial charge in [0.2, 0.25) is 0 Å². The number of nitrogens with two attached hydrogens (primary N) is 1. The molecule has 0 spiro atoms. The summed E-state index contributed by atoms with van der Waals surface area (Å²) < 4.78 is 5.00. The van der Waals surface area contributed by atoms with Gasteiger partial charge < -0.3 is 10.3 Å². The van der Waals surface area contributed by atoms with Gasteiger partial charge >= 0.3 is 0 Å². The lowest BCUT2D eigenvalue weighted by molar-refractivity contribution is 0.365. The van der Waals surface area contributed by atoms with E-state index in [0.717, 1.165) is 30.6 Å². The fraction of sp³-hybridized carbons (Fsp3) is 0.571. The van der Waals surface area contributed by atoms with Crippen molar-refractivity contribution in [1.29, 1.82) is 0 Å². The largest absolute Gasteiger partial charge is 0.361 e. The van der Waals surface area contributed by atoms with Crippen LogP contribution in [0.25, 0.3) is 0 Å². The van der Waals surface area contributed by atoms with Crippen LogP contribution in [-0.4, -0.2) is 5.16 Å². The van der Waals surface area contributed by atoms with Gasteiger partial charge in [0, 0.05) is 18.0 Å². The van der Waals surface area contributed by atoms with Gasteiger partial charge in [-0.05, 0) is 12.8 Å². The van der Waals surface area contributed by atoms with Gasteiger partial charge in [0.15, 0.2) is 0 Å². The third-order valence-electron chi connectivity index (χ3n) is 2.00. The van der Waals surface area contributed by atoms with Crippen molar-refractivity contribution in [3.05, 3.63) is 17.5 Å². The second-order valence-corrected chi connectivity index (χ2v) is 2.70. The van der Waals surface area contributed by atoms with E-state index >= 15 is 0 Å². The van der Waals surface area contributed by atoms with Crippen LogP contribution in [0.3, 0.4) is 0 Å². The zero-order valence-corrected chi connectivity index (χ0v) is 5.71. The minimum absolute atomic E-state index is 0.162. The van der Waals surface area contributed by atoms with E-state index in [1.807, 2.05) is 0 Å². The first kappa shape index (κ1) is 5.92. The number of aryl methyl sites for hydroxylation is 1. The normalized spacial score (nSPS) is 24.3. The fourth-order valence-electron chi connectivity index (χ4n) is 1.40. The lowest BCUT2D eigenvalue weighted by Crippen LogP contribution is -2.15. The Balaban J connectivity index is 2.41. The summed E-state index contributed by atoms with van der Waals surface area (Å²) in [5, 5.41) is 3.70. The summed E-state index contributed by atoms with van der Waals surface area (Å²) in [6, 6.07) is 0.162. The van der Waals surface area contributed by atoms with E-state index in [-0.39, 0.29) is 6.04 Å². The molecule has 0 unspecified atom stereocenters. The van der Waals surface area contributed by atoms with Crippen molar-refractivity contribution in [1.82, 2.24) is 5.16 Å². The standard InChI is InChI=1S/C7H10N2O/c8-6-2-1-3-7-5(6)4-9-10-7/h4,6H,1-3,8H2/t6-/m1/s1. The highest BCUT2D eigenvalue weighted by molar-refractivity contribution is 5.20. The molecule has 1 aliphatic carbocycles. The van der Waals surface area contributed by atoms with E-state index in [1.165, 1.54) is 0 Å². The average Bonchev–Trinajstić information content (AvgIpc) is 2.36. The Morgan fingerprint density at radius 3 is 3.40 bits per heavy atom. The molecule has 54 valence electrons. The van der Waals surface area contributed by atoms with Crippen molar-refractivity contribution in [2.24, 2.45) is 5.73 Å². The molecule has 1 aromatic heterocycles. The number of rotatable bonds is 0. The average molecular weight is 138 g/mol. The summed E-state index contributed by atoms with van der Waals surface area (Å²) in [6.07, 6.45) is 4.93. The molecule has 3 heteroatoms. The molecular weight excluding hydrogens is 128 g/mol. The van der Waals surface area contributed by atoms with E-state index < -0.39 is 0 Å². The van der Waals surface area contributed by atoms with Gasteiger partial charge in [-0.2, -0.15) is 0 Å². The van der Waals surface area contributed by atoms with Crippen molar-refractivity contribution in [3.63, 3.8) is 0 Å². The maximum absolute atomic E-state index is 5.79. The van der Waals surface area contributed by atoms with Gasteiger partial charge in [0.05, 0.1) is 6.20 Å². The second kappa shape index (κ2) is 2.09. The first-order valence-corrected chi connectivity index (χ1v) is 3.57. The monoisotopic (exact) mass is 138 g/mol. The number of hydrogen-bond donors (Lipinski definition) is 1. The van der Waals surface area contributed by atoms with E-state index in [4.69, 9.17) is 10.3 Å². The van der Waals surface area contributed by atoms with Crippen molar-refractivity contribution in [2.45, 2.75) is 25.3 Å².